The van der Waals surface area contributed by atoms with Crippen molar-refractivity contribution in [3.05, 3.63) is 52.0 Å². The molecule has 2 heterocycles. The first-order chi connectivity index (χ1) is 10.3. The lowest BCUT2D eigenvalue weighted by molar-refractivity contribution is 0.801. The van der Waals surface area contributed by atoms with Gasteiger partial charge in [0.25, 0.3) is 0 Å². The quantitative estimate of drug-likeness (QED) is 0.420. The van der Waals surface area contributed by atoms with Gasteiger partial charge in [-0.25, -0.2) is 4.99 Å². The lowest BCUT2D eigenvalue weighted by Gasteiger charge is -2.10. The monoisotopic (exact) mass is 430 g/mol. The van der Waals surface area contributed by atoms with Gasteiger partial charge >= 0.3 is 0 Å². The number of guanidine groups is 1. The Morgan fingerprint density at radius 3 is 2.77 bits per heavy atom. The normalized spacial score (nSPS) is 10.9. The van der Waals surface area contributed by atoms with Crippen LogP contribution in [0, 0.1) is 6.92 Å². The Morgan fingerprint density at radius 1 is 1.23 bits per heavy atom. The molecule has 0 bridgehead atoms. The summed E-state index contributed by atoms with van der Waals surface area (Å²) in [6, 6.07) is 10.3. The number of thiophene rings is 1. The maximum absolute atomic E-state index is 4.58. The lowest BCUT2D eigenvalue weighted by Crippen LogP contribution is -2.38. The van der Waals surface area contributed by atoms with Crippen molar-refractivity contribution in [1.82, 2.24) is 15.6 Å². The van der Waals surface area contributed by atoms with Gasteiger partial charge in [0.05, 0.1) is 12.2 Å². The highest BCUT2D eigenvalue weighted by Gasteiger charge is 1.99. The molecule has 0 aliphatic rings. The highest BCUT2D eigenvalue weighted by atomic mass is 127. The zero-order chi connectivity index (χ0) is 14.9. The van der Waals surface area contributed by atoms with Crippen molar-refractivity contribution in [2.75, 3.05) is 13.1 Å². The van der Waals surface area contributed by atoms with E-state index in [4.69, 9.17) is 0 Å². The van der Waals surface area contributed by atoms with Crippen molar-refractivity contribution >= 4 is 41.3 Å². The number of halogens is 1. The molecule has 0 aliphatic heterocycles. The Bertz CT molecular complexity index is 569. The van der Waals surface area contributed by atoms with Gasteiger partial charge in [0, 0.05) is 23.7 Å². The highest BCUT2D eigenvalue weighted by molar-refractivity contribution is 14.0. The van der Waals surface area contributed by atoms with Crippen LogP contribution >= 0.6 is 35.3 Å². The van der Waals surface area contributed by atoms with Crippen molar-refractivity contribution < 1.29 is 0 Å². The molecule has 0 radical (unpaired) electrons. The van der Waals surface area contributed by atoms with Crippen LogP contribution in [0.5, 0.6) is 0 Å². The van der Waals surface area contributed by atoms with Gasteiger partial charge < -0.3 is 10.6 Å². The molecule has 0 fully saturated rings. The van der Waals surface area contributed by atoms with E-state index in [0.717, 1.165) is 36.9 Å². The summed E-state index contributed by atoms with van der Waals surface area (Å²) < 4.78 is 0. The summed E-state index contributed by atoms with van der Waals surface area (Å²) in [5, 5.41) is 8.73. The maximum Gasteiger partial charge on any atom is 0.191 e. The summed E-state index contributed by atoms with van der Waals surface area (Å²) >= 11 is 1.79. The Hall–Kier alpha value is -1.15. The predicted molar refractivity (Wildman–Crippen MR) is 105 cm³/mol. The zero-order valence-corrected chi connectivity index (χ0v) is 16.2. The second-order valence-electron chi connectivity index (χ2n) is 4.72. The first-order valence-electron chi connectivity index (χ1n) is 7.25. The minimum atomic E-state index is 0. The molecule has 22 heavy (non-hydrogen) atoms. The van der Waals surface area contributed by atoms with Crippen LogP contribution in [0.1, 0.15) is 23.2 Å². The van der Waals surface area contributed by atoms with E-state index in [1.165, 1.54) is 4.88 Å². The first-order valence-corrected chi connectivity index (χ1v) is 8.13. The molecule has 2 aromatic heterocycles. The summed E-state index contributed by atoms with van der Waals surface area (Å²) in [5.41, 5.74) is 2.02. The molecule has 4 nitrogen and oxygen atoms in total. The molecule has 2 rings (SSSR count). The number of hydrogen-bond donors (Lipinski definition) is 2. The molecule has 0 amide bonds. The molecule has 2 aromatic rings. The average molecular weight is 430 g/mol. The predicted octanol–water partition coefficient (Wildman–Crippen LogP) is 3.37. The third-order valence-corrected chi connectivity index (χ3v) is 3.87. The molecule has 0 atom stereocenters. The lowest BCUT2D eigenvalue weighted by atomic mass is 10.3. The number of nitrogens with one attached hydrogen (secondary N) is 2. The fourth-order valence-corrected chi connectivity index (χ4v) is 2.66. The molecule has 0 spiro atoms. The Balaban J connectivity index is 0.00000242. The first kappa shape index (κ1) is 18.9. The van der Waals surface area contributed by atoms with Crippen LogP contribution in [-0.2, 0) is 13.0 Å². The second-order valence-corrected chi connectivity index (χ2v) is 5.75. The van der Waals surface area contributed by atoms with Crippen LogP contribution in [0.4, 0.5) is 0 Å². The largest absolute Gasteiger partial charge is 0.357 e. The van der Waals surface area contributed by atoms with Gasteiger partial charge in [-0.1, -0.05) is 12.1 Å². The van der Waals surface area contributed by atoms with E-state index in [1.54, 1.807) is 11.3 Å². The van der Waals surface area contributed by atoms with E-state index in [2.05, 4.69) is 45.0 Å². The molecule has 0 unspecified atom stereocenters. The van der Waals surface area contributed by atoms with Gasteiger partial charge in [-0.3, -0.25) is 4.98 Å². The van der Waals surface area contributed by atoms with Crippen LogP contribution in [-0.4, -0.2) is 24.0 Å². The Morgan fingerprint density at radius 2 is 2.09 bits per heavy atom. The topological polar surface area (TPSA) is 49.3 Å². The molecular weight excluding hydrogens is 407 g/mol. The third-order valence-electron chi connectivity index (χ3n) is 2.93. The van der Waals surface area contributed by atoms with E-state index in [1.807, 2.05) is 25.1 Å². The minimum Gasteiger partial charge on any atom is -0.357 e. The summed E-state index contributed by atoms with van der Waals surface area (Å²) in [4.78, 5) is 10.4. The standard InChI is InChI=1S/C16H22N4S.HI/c1-3-17-16(18-10-9-15-8-5-11-21-15)19-12-14-7-4-6-13(2)20-14;/h4-8,11H,3,9-10,12H2,1-2H3,(H2,17,18,19);1H. The molecule has 2 N–H and O–H groups in total. The third kappa shape index (κ3) is 6.74. The Kier molecular flexibility index (Phi) is 9.07. The zero-order valence-electron chi connectivity index (χ0n) is 13.0. The van der Waals surface area contributed by atoms with E-state index in [-0.39, 0.29) is 24.0 Å². The summed E-state index contributed by atoms with van der Waals surface area (Å²) in [5.74, 6) is 0.845. The van der Waals surface area contributed by atoms with Crippen molar-refractivity contribution in [3.8, 4) is 0 Å². The van der Waals surface area contributed by atoms with Gasteiger partial charge in [-0.2, -0.15) is 0 Å². The van der Waals surface area contributed by atoms with E-state index < -0.39 is 0 Å². The molecule has 6 heteroatoms. The number of rotatable bonds is 6. The van der Waals surface area contributed by atoms with Crippen LogP contribution in [0.15, 0.2) is 40.7 Å². The summed E-state index contributed by atoms with van der Waals surface area (Å²) in [6.07, 6.45) is 1.02. The molecule has 120 valence electrons. The number of aromatic nitrogens is 1. The number of pyridine rings is 1. The van der Waals surface area contributed by atoms with Crippen LogP contribution in [0.2, 0.25) is 0 Å². The highest BCUT2D eigenvalue weighted by Crippen LogP contribution is 2.08. The number of hydrogen-bond acceptors (Lipinski definition) is 3. The minimum absolute atomic E-state index is 0. The fraction of sp³-hybridized carbons (Fsp3) is 0.375. The van der Waals surface area contributed by atoms with Gasteiger partial charge in [-0.15, -0.1) is 35.3 Å². The number of nitrogens with zero attached hydrogens (tertiary/aromatic N) is 2. The molecule has 0 aromatic carbocycles. The van der Waals surface area contributed by atoms with Crippen molar-refractivity contribution in [1.29, 1.82) is 0 Å². The van der Waals surface area contributed by atoms with Crippen molar-refractivity contribution in [2.45, 2.75) is 26.8 Å². The SMILES string of the molecule is CCNC(=NCc1cccc(C)n1)NCCc1cccs1.I. The summed E-state index contributed by atoms with van der Waals surface area (Å²) in [6.45, 7) is 6.40. The number of aliphatic imine (C=N–C) groups is 1. The van der Waals surface area contributed by atoms with E-state index in [0.29, 0.717) is 6.54 Å². The number of aryl methyl sites for hydroxylation is 1. The molecule has 0 aliphatic carbocycles. The van der Waals surface area contributed by atoms with E-state index >= 15 is 0 Å². The van der Waals surface area contributed by atoms with Crippen molar-refractivity contribution in [3.63, 3.8) is 0 Å². The molecule has 0 saturated carbocycles. The molecule has 0 saturated heterocycles. The van der Waals surface area contributed by atoms with Gasteiger partial charge in [0.15, 0.2) is 5.96 Å². The van der Waals surface area contributed by atoms with Gasteiger partial charge in [-0.05, 0) is 43.8 Å². The fourth-order valence-electron chi connectivity index (χ4n) is 1.95. The Labute approximate surface area is 153 Å². The smallest absolute Gasteiger partial charge is 0.191 e. The van der Waals surface area contributed by atoms with E-state index in [9.17, 15) is 0 Å². The van der Waals surface area contributed by atoms with Gasteiger partial charge in [0.2, 0.25) is 0 Å². The van der Waals surface area contributed by atoms with Crippen LogP contribution in [0.25, 0.3) is 0 Å². The van der Waals surface area contributed by atoms with Crippen LogP contribution < -0.4 is 10.6 Å². The van der Waals surface area contributed by atoms with Crippen LogP contribution in [0.3, 0.4) is 0 Å². The second kappa shape index (κ2) is 10.6. The van der Waals surface area contributed by atoms with Crippen molar-refractivity contribution in [2.24, 2.45) is 4.99 Å². The molecular formula is C16H23IN4S. The summed E-state index contributed by atoms with van der Waals surface area (Å²) in [7, 11) is 0. The average Bonchev–Trinajstić information content (AvgIpc) is 2.98. The van der Waals surface area contributed by atoms with Gasteiger partial charge in [0.1, 0.15) is 0 Å². The maximum atomic E-state index is 4.58.